The minimum Gasteiger partial charge on any atom is -0.459 e. The molecule has 116 valence electrons. The number of furan rings is 1. The number of anilines is 1. The van der Waals surface area contributed by atoms with E-state index in [0.717, 1.165) is 5.56 Å². The third kappa shape index (κ3) is 4.75. The summed E-state index contributed by atoms with van der Waals surface area (Å²) in [6.45, 7) is 1.12. The van der Waals surface area contributed by atoms with Crippen molar-refractivity contribution in [1.82, 2.24) is 10.6 Å². The maximum Gasteiger partial charge on any atom is 0.291 e. The summed E-state index contributed by atoms with van der Waals surface area (Å²) in [5.74, 6) is -0.0245. The Morgan fingerprint density at radius 3 is 2.55 bits per heavy atom. The number of benzene rings is 1. The zero-order valence-corrected chi connectivity index (χ0v) is 12.4. The molecular formula is C16H19N3O3. The van der Waals surface area contributed by atoms with Crippen molar-refractivity contribution in [2.24, 2.45) is 0 Å². The fourth-order valence-electron chi connectivity index (χ4n) is 1.83. The summed E-state index contributed by atoms with van der Waals surface area (Å²) in [6.07, 6.45) is 1.91. The minimum absolute atomic E-state index is 0.00421. The van der Waals surface area contributed by atoms with Gasteiger partial charge in [0.2, 0.25) is 5.91 Å². The first kappa shape index (κ1) is 15.8. The molecule has 6 nitrogen and oxygen atoms in total. The van der Waals surface area contributed by atoms with Crippen molar-refractivity contribution in [2.45, 2.75) is 13.0 Å². The highest BCUT2D eigenvalue weighted by molar-refractivity contribution is 6.02. The molecule has 0 aliphatic rings. The van der Waals surface area contributed by atoms with Gasteiger partial charge in [0, 0.05) is 25.2 Å². The molecule has 0 unspecified atom stereocenters. The van der Waals surface area contributed by atoms with Gasteiger partial charge in [0.1, 0.15) is 0 Å². The molecule has 0 saturated heterocycles. The molecule has 22 heavy (non-hydrogen) atoms. The molecule has 0 bridgehead atoms. The van der Waals surface area contributed by atoms with Crippen LogP contribution in [0, 0.1) is 0 Å². The molecule has 2 rings (SSSR count). The number of amides is 2. The van der Waals surface area contributed by atoms with Gasteiger partial charge in [-0.1, -0.05) is 12.1 Å². The van der Waals surface area contributed by atoms with Gasteiger partial charge in [0.05, 0.1) is 6.26 Å². The highest BCUT2D eigenvalue weighted by Crippen LogP contribution is 2.11. The normalized spacial score (nSPS) is 10.2. The number of carbonyl (C=O) groups is 2. The van der Waals surface area contributed by atoms with E-state index in [9.17, 15) is 9.59 Å². The van der Waals surface area contributed by atoms with Gasteiger partial charge in [0.25, 0.3) is 5.91 Å². The van der Waals surface area contributed by atoms with Crippen LogP contribution in [-0.4, -0.2) is 25.4 Å². The molecule has 0 radical (unpaired) electrons. The maximum absolute atomic E-state index is 11.8. The van der Waals surface area contributed by atoms with Gasteiger partial charge in [-0.15, -0.1) is 0 Å². The van der Waals surface area contributed by atoms with Crippen molar-refractivity contribution in [3.8, 4) is 0 Å². The van der Waals surface area contributed by atoms with Crippen LogP contribution in [0.25, 0.3) is 0 Å². The Hall–Kier alpha value is -2.60. The molecule has 0 spiro atoms. The fourth-order valence-corrected chi connectivity index (χ4v) is 1.83. The second-order valence-corrected chi connectivity index (χ2v) is 4.76. The van der Waals surface area contributed by atoms with E-state index < -0.39 is 0 Å². The second kappa shape index (κ2) is 7.99. The largest absolute Gasteiger partial charge is 0.459 e. The fraction of sp³-hybridized carbons (Fsp3) is 0.250. The number of hydrogen-bond acceptors (Lipinski definition) is 4. The highest BCUT2D eigenvalue weighted by atomic mass is 16.3. The van der Waals surface area contributed by atoms with Gasteiger partial charge in [0.15, 0.2) is 5.76 Å². The highest BCUT2D eigenvalue weighted by Gasteiger charge is 2.08. The first-order valence-electron chi connectivity index (χ1n) is 7.04. The van der Waals surface area contributed by atoms with Crippen LogP contribution in [0.2, 0.25) is 0 Å². The van der Waals surface area contributed by atoms with Gasteiger partial charge in [-0.05, 0) is 36.9 Å². The van der Waals surface area contributed by atoms with Crippen LogP contribution in [0.1, 0.15) is 22.5 Å². The van der Waals surface area contributed by atoms with Crippen molar-refractivity contribution in [3.05, 3.63) is 54.0 Å². The summed E-state index contributed by atoms with van der Waals surface area (Å²) in [4.78, 5) is 23.3. The molecule has 0 saturated carbocycles. The van der Waals surface area contributed by atoms with Crippen LogP contribution in [0.3, 0.4) is 0 Å². The van der Waals surface area contributed by atoms with E-state index in [1.807, 2.05) is 19.2 Å². The van der Waals surface area contributed by atoms with Crippen molar-refractivity contribution in [1.29, 1.82) is 0 Å². The number of rotatable bonds is 7. The van der Waals surface area contributed by atoms with E-state index >= 15 is 0 Å². The molecule has 2 amide bonds. The van der Waals surface area contributed by atoms with Gasteiger partial charge in [-0.25, -0.2) is 0 Å². The third-order valence-corrected chi connectivity index (χ3v) is 3.05. The van der Waals surface area contributed by atoms with Gasteiger partial charge in [-0.3, -0.25) is 9.59 Å². The number of carbonyl (C=O) groups excluding carboxylic acids is 2. The van der Waals surface area contributed by atoms with Crippen molar-refractivity contribution >= 4 is 17.5 Å². The van der Waals surface area contributed by atoms with E-state index in [1.54, 1.807) is 24.3 Å². The van der Waals surface area contributed by atoms with Gasteiger partial charge >= 0.3 is 0 Å². The molecule has 3 N–H and O–H groups in total. The van der Waals surface area contributed by atoms with Crippen LogP contribution in [-0.2, 0) is 11.3 Å². The molecule has 0 aliphatic heterocycles. The van der Waals surface area contributed by atoms with E-state index in [2.05, 4.69) is 16.0 Å². The molecule has 1 aromatic carbocycles. The van der Waals surface area contributed by atoms with Crippen LogP contribution >= 0.6 is 0 Å². The van der Waals surface area contributed by atoms with Crippen molar-refractivity contribution < 1.29 is 14.0 Å². The Labute approximate surface area is 128 Å². The quantitative estimate of drug-likeness (QED) is 0.727. The lowest BCUT2D eigenvalue weighted by atomic mass is 10.2. The Kier molecular flexibility index (Phi) is 5.73. The predicted octanol–water partition coefficient (Wildman–Crippen LogP) is 1.76. The lowest BCUT2D eigenvalue weighted by Crippen LogP contribution is -2.26. The van der Waals surface area contributed by atoms with Crippen LogP contribution in [0.15, 0.2) is 47.1 Å². The van der Waals surface area contributed by atoms with Crippen LogP contribution in [0.4, 0.5) is 5.69 Å². The summed E-state index contributed by atoms with van der Waals surface area (Å²) in [6, 6.07) is 10.6. The average Bonchev–Trinajstić information content (AvgIpc) is 3.07. The molecular weight excluding hydrogens is 282 g/mol. The van der Waals surface area contributed by atoms with Crippen LogP contribution < -0.4 is 16.0 Å². The summed E-state index contributed by atoms with van der Waals surface area (Å²) in [7, 11) is 1.81. The zero-order valence-electron chi connectivity index (χ0n) is 12.4. The van der Waals surface area contributed by atoms with Crippen LogP contribution in [0.5, 0.6) is 0 Å². The van der Waals surface area contributed by atoms with Crippen molar-refractivity contribution in [2.75, 3.05) is 18.9 Å². The maximum atomic E-state index is 11.8. The summed E-state index contributed by atoms with van der Waals surface area (Å²) in [5, 5.41) is 8.50. The molecule has 1 aromatic heterocycles. The van der Waals surface area contributed by atoms with E-state index in [4.69, 9.17) is 4.42 Å². The second-order valence-electron chi connectivity index (χ2n) is 4.76. The molecule has 0 atom stereocenters. The van der Waals surface area contributed by atoms with E-state index in [0.29, 0.717) is 25.2 Å². The molecule has 2 aromatic rings. The van der Waals surface area contributed by atoms with E-state index in [1.165, 1.54) is 6.26 Å². The summed E-state index contributed by atoms with van der Waals surface area (Å²) >= 11 is 0. The SMILES string of the molecule is CNCCC(=O)NCc1ccc(NC(=O)c2ccco2)cc1. The summed E-state index contributed by atoms with van der Waals surface area (Å²) in [5.41, 5.74) is 1.64. The first-order chi connectivity index (χ1) is 10.7. The minimum atomic E-state index is -0.293. The van der Waals surface area contributed by atoms with Gasteiger partial charge in [-0.2, -0.15) is 0 Å². The molecule has 1 heterocycles. The Bertz CT molecular complexity index is 606. The Balaban J connectivity index is 1.82. The smallest absolute Gasteiger partial charge is 0.291 e. The lowest BCUT2D eigenvalue weighted by molar-refractivity contribution is -0.121. The molecule has 0 aliphatic carbocycles. The molecule has 6 heteroatoms. The number of nitrogens with one attached hydrogen (secondary N) is 3. The average molecular weight is 301 g/mol. The first-order valence-corrected chi connectivity index (χ1v) is 7.04. The van der Waals surface area contributed by atoms with Gasteiger partial charge < -0.3 is 20.4 Å². The Morgan fingerprint density at radius 2 is 1.91 bits per heavy atom. The molecule has 0 fully saturated rings. The lowest BCUT2D eigenvalue weighted by Gasteiger charge is -2.07. The van der Waals surface area contributed by atoms with E-state index in [-0.39, 0.29) is 17.6 Å². The zero-order chi connectivity index (χ0) is 15.8. The third-order valence-electron chi connectivity index (χ3n) is 3.05. The topological polar surface area (TPSA) is 83.4 Å². The summed E-state index contributed by atoms with van der Waals surface area (Å²) < 4.78 is 5.02. The number of hydrogen-bond donors (Lipinski definition) is 3. The monoisotopic (exact) mass is 301 g/mol. The standard InChI is InChI=1S/C16H19N3O3/c1-17-9-8-15(20)18-11-12-4-6-13(7-5-12)19-16(21)14-3-2-10-22-14/h2-7,10,17H,8-9,11H2,1H3,(H,18,20)(H,19,21). The Morgan fingerprint density at radius 1 is 1.14 bits per heavy atom. The van der Waals surface area contributed by atoms with Crippen molar-refractivity contribution in [3.63, 3.8) is 0 Å². The predicted molar refractivity (Wildman–Crippen MR) is 83.5 cm³/mol.